The number of carbonyl (C=O) groups excluding carboxylic acids is 1. The zero-order chi connectivity index (χ0) is 22.6. The van der Waals surface area contributed by atoms with Crippen LogP contribution in [0, 0.1) is 0 Å². The summed E-state index contributed by atoms with van der Waals surface area (Å²) >= 11 is 5.43. The van der Waals surface area contributed by atoms with E-state index >= 15 is 0 Å². The van der Waals surface area contributed by atoms with Crippen LogP contribution in [0.25, 0.3) is 16.5 Å². The van der Waals surface area contributed by atoms with Crippen LogP contribution in [0.15, 0.2) is 47.6 Å². The standard InChI is InChI=1S/C25H30N2O3S/c1-5-7-10-18(23-22(26-4)14-17-11-8-9-12-21(17)27-23)13-20-19(16(3)31)15-30-24(28)25(20,29)6-2/h8-9,11-14,26,29H,5-7,10,15H2,1-4H3/b18-13+. The highest BCUT2D eigenvalue weighted by atomic mass is 32.1. The fraction of sp³-hybridized carbons (Fsp3) is 0.400. The summed E-state index contributed by atoms with van der Waals surface area (Å²) in [5.74, 6) is -0.628. The summed E-state index contributed by atoms with van der Waals surface area (Å²) in [6.07, 6.45) is 4.85. The molecule has 2 heterocycles. The molecule has 0 saturated heterocycles. The number of esters is 1. The molecule has 1 unspecified atom stereocenters. The monoisotopic (exact) mass is 438 g/mol. The average Bonchev–Trinajstić information content (AvgIpc) is 2.78. The molecule has 1 aliphatic heterocycles. The van der Waals surface area contributed by atoms with Crippen molar-refractivity contribution in [2.45, 2.75) is 52.1 Å². The molecule has 1 aromatic heterocycles. The first-order valence-electron chi connectivity index (χ1n) is 10.8. The lowest BCUT2D eigenvalue weighted by Crippen LogP contribution is -2.46. The molecule has 6 heteroatoms. The van der Waals surface area contributed by atoms with E-state index in [9.17, 15) is 9.90 Å². The maximum absolute atomic E-state index is 12.5. The number of allylic oxidation sites excluding steroid dienone is 1. The summed E-state index contributed by atoms with van der Waals surface area (Å²) in [6, 6.07) is 10.1. The Bertz CT molecular complexity index is 1070. The molecule has 0 fully saturated rings. The third-order valence-electron chi connectivity index (χ3n) is 5.81. The number of aliphatic hydroxyl groups is 1. The minimum atomic E-state index is -1.72. The second kappa shape index (κ2) is 9.71. The third-order valence-corrected chi connectivity index (χ3v) is 6.05. The normalized spacial score (nSPS) is 19.5. The van der Waals surface area contributed by atoms with E-state index in [2.05, 4.69) is 18.3 Å². The van der Waals surface area contributed by atoms with Gasteiger partial charge in [0.25, 0.3) is 0 Å². The summed E-state index contributed by atoms with van der Waals surface area (Å²) in [7, 11) is 1.87. The SMILES string of the molecule is CCCC/C(=C\C1=C(C(C)=S)COC(=O)C1(O)CC)c1nc2ccccc2cc1NC. The van der Waals surface area contributed by atoms with Gasteiger partial charge in [-0.3, -0.25) is 0 Å². The maximum atomic E-state index is 12.5. The van der Waals surface area contributed by atoms with E-state index in [0.29, 0.717) is 16.0 Å². The molecule has 2 aromatic rings. The minimum absolute atomic E-state index is 0.0768. The van der Waals surface area contributed by atoms with E-state index in [1.807, 2.05) is 37.4 Å². The maximum Gasteiger partial charge on any atom is 0.343 e. The first-order chi connectivity index (χ1) is 14.8. The molecule has 0 amide bonds. The van der Waals surface area contributed by atoms with Gasteiger partial charge in [0.05, 0.1) is 16.9 Å². The van der Waals surface area contributed by atoms with Crippen LogP contribution in [0.2, 0.25) is 0 Å². The van der Waals surface area contributed by atoms with Crippen LogP contribution < -0.4 is 5.32 Å². The van der Waals surface area contributed by atoms with E-state index in [1.54, 1.807) is 13.8 Å². The Labute approximate surface area is 189 Å². The number of cyclic esters (lactones) is 1. The van der Waals surface area contributed by atoms with Crippen molar-refractivity contribution in [1.29, 1.82) is 0 Å². The summed E-state index contributed by atoms with van der Waals surface area (Å²) in [5.41, 5.74) is 3.08. The largest absolute Gasteiger partial charge is 0.458 e. The van der Waals surface area contributed by atoms with Crippen molar-refractivity contribution in [2.24, 2.45) is 0 Å². The van der Waals surface area contributed by atoms with E-state index in [4.69, 9.17) is 21.9 Å². The number of hydrogen-bond acceptors (Lipinski definition) is 6. The lowest BCUT2D eigenvalue weighted by atomic mass is 9.82. The van der Waals surface area contributed by atoms with Crippen molar-refractivity contribution in [3.05, 3.63) is 53.2 Å². The van der Waals surface area contributed by atoms with Crippen molar-refractivity contribution in [3.8, 4) is 0 Å². The Morgan fingerprint density at radius 3 is 2.74 bits per heavy atom. The van der Waals surface area contributed by atoms with Gasteiger partial charge in [-0.1, -0.05) is 50.7 Å². The lowest BCUT2D eigenvalue weighted by molar-refractivity contribution is -0.162. The van der Waals surface area contributed by atoms with Crippen molar-refractivity contribution in [2.75, 3.05) is 19.0 Å². The highest BCUT2D eigenvalue weighted by Gasteiger charge is 2.44. The minimum Gasteiger partial charge on any atom is -0.458 e. The Morgan fingerprint density at radius 2 is 2.10 bits per heavy atom. The van der Waals surface area contributed by atoms with Crippen LogP contribution in [0.3, 0.4) is 0 Å². The van der Waals surface area contributed by atoms with Gasteiger partial charge in [0.15, 0.2) is 5.60 Å². The number of unbranched alkanes of at least 4 members (excludes halogenated alkanes) is 1. The summed E-state index contributed by atoms with van der Waals surface area (Å²) < 4.78 is 5.27. The molecule has 5 nitrogen and oxygen atoms in total. The van der Waals surface area contributed by atoms with Crippen LogP contribution in [-0.4, -0.2) is 40.2 Å². The molecule has 0 spiro atoms. The molecule has 0 bridgehead atoms. The fourth-order valence-corrected chi connectivity index (χ4v) is 4.05. The number of rotatable bonds is 8. The van der Waals surface area contributed by atoms with Gasteiger partial charge in [-0.25, -0.2) is 9.78 Å². The predicted octanol–water partition coefficient (Wildman–Crippen LogP) is 5.23. The predicted molar refractivity (Wildman–Crippen MR) is 130 cm³/mol. The van der Waals surface area contributed by atoms with Gasteiger partial charge in [0, 0.05) is 28.4 Å². The molecule has 0 saturated carbocycles. The number of thiocarbonyl (C=S) groups is 1. The molecule has 31 heavy (non-hydrogen) atoms. The fourth-order valence-electron chi connectivity index (χ4n) is 3.88. The number of fused-ring (bicyclic) bond motifs is 1. The number of nitrogens with zero attached hydrogens (tertiary/aromatic N) is 1. The second-order valence-electron chi connectivity index (χ2n) is 7.84. The first-order valence-corrected chi connectivity index (χ1v) is 11.2. The van der Waals surface area contributed by atoms with E-state index in [1.165, 1.54) is 0 Å². The highest BCUT2D eigenvalue weighted by molar-refractivity contribution is 7.80. The summed E-state index contributed by atoms with van der Waals surface area (Å²) in [4.78, 5) is 18.1. The van der Waals surface area contributed by atoms with Crippen molar-refractivity contribution in [3.63, 3.8) is 0 Å². The molecule has 1 aliphatic rings. The van der Waals surface area contributed by atoms with Gasteiger partial charge in [-0.15, -0.1) is 0 Å². The van der Waals surface area contributed by atoms with Crippen LogP contribution >= 0.6 is 12.2 Å². The smallest absolute Gasteiger partial charge is 0.343 e. The number of benzene rings is 1. The zero-order valence-corrected chi connectivity index (χ0v) is 19.4. The highest BCUT2D eigenvalue weighted by Crippen LogP contribution is 2.37. The van der Waals surface area contributed by atoms with Crippen molar-refractivity contribution < 1.29 is 14.6 Å². The molecular weight excluding hydrogens is 408 g/mol. The van der Waals surface area contributed by atoms with Crippen LogP contribution in [0.5, 0.6) is 0 Å². The number of aromatic nitrogens is 1. The van der Waals surface area contributed by atoms with Gasteiger partial charge >= 0.3 is 5.97 Å². The molecule has 1 atom stereocenters. The van der Waals surface area contributed by atoms with Crippen LogP contribution in [0.1, 0.15) is 52.1 Å². The Morgan fingerprint density at radius 1 is 1.35 bits per heavy atom. The molecule has 1 aromatic carbocycles. The molecule has 0 aliphatic carbocycles. The van der Waals surface area contributed by atoms with E-state index in [0.717, 1.165) is 47.1 Å². The molecule has 164 valence electrons. The molecular formula is C25H30N2O3S. The number of pyridine rings is 1. The van der Waals surface area contributed by atoms with Gasteiger partial charge < -0.3 is 15.2 Å². The molecule has 3 rings (SSSR count). The summed E-state index contributed by atoms with van der Waals surface area (Å²) in [5, 5.41) is 15.6. The van der Waals surface area contributed by atoms with Gasteiger partial charge in [0.2, 0.25) is 0 Å². The Kier molecular flexibility index (Phi) is 7.23. The zero-order valence-electron chi connectivity index (χ0n) is 18.6. The number of nitrogens with one attached hydrogen (secondary N) is 1. The van der Waals surface area contributed by atoms with E-state index in [-0.39, 0.29) is 13.0 Å². The number of ether oxygens (including phenoxy) is 1. The number of hydrogen-bond donors (Lipinski definition) is 2. The summed E-state index contributed by atoms with van der Waals surface area (Å²) in [6.45, 7) is 5.78. The van der Waals surface area contributed by atoms with Crippen LogP contribution in [-0.2, 0) is 9.53 Å². The Hall–Kier alpha value is -2.57. The van der Waals surface area contributed by atoms with Crippen molar-refractivity contribution >= 4 is 45.2 Å². The number of anilines is 1. The van der Waals surface area contributed by atoms with Gasteiger partial charge in [-0.05, 0) is 50.0 Å². The quantitative estimate of drug-likeness (QED) is 0.434. The first kappa shape index (κ1) is 23.1. The topological polar surface area (TPSA) is 71.5 Å². The second-order valence-corrected chi connectivity index (χ2v) is 8.45. The van der Waals surface area contributed by atoms with E-state index < -0.39 is 11.6 Å². The van der Waals surface area contributed by atoms with Gasteiger partial charge in [0.1, 0.15) is 6.61 Å². The third kappa shape index (κ3) is 4.55. The Balaban J connectivity index is 2.28. The van der Waals surface area contributed by atoms with Crippen molar-refractivity contribution in [1.82, 2.24) is 4.98 Å². The molecule has 2 N–H and O–H groups in total. The number of para-hydroxylation sites is 1. The van der Waals surface area contributed by atoms with Crippen LogP contribution in [0.4, 0.5) is 5.69 Å². The average molecular weight is 439 g/mol. The van der Waals surface area contributed by atoms with Gasteiger partial charge in [-0.2, -0.15) is 0 Å². The lowest BCUT2D eigenvalue weighted by Gasteiger charge is -2.33. The molecule has 0 radical (unpaired) electrons. The number of carbonyl (C=O) groups is 1.